The van der Waals surface area contributed by atoms with Gasteiger partial charge in [-0.05, 0) is 61.4 Å². The quantitative estimate of drug-likeness (QED) is 0.434. The van der Waals surface area contributed by atoms with Crippen molar-refractivity contribution < 1.29 is 24.2 Å². The molecule has 0 bridgehead atoms. The van der Waals surface area contributed by atoms with Crippen LogP contribution < -0.4 is 10.6 Å². The number of likely N-dealkylation sites (tertiary alicyclic amines) is 1. The molecular formula is C28H34N4O5. The predicted molar refractivity (Wildman–Crippen MR) is 140 cm³/mol. The van der Waals surface area contributed by atoms with Crippen molar-refractivity contribution >= 4 is 29.5 Å². The maximum Gasteiger partial charge on any atom is 0.435 e. The zero-order valence-electron chi connectivity index (χ0n) is 20.9. The van der Waals surface area contributed by atoms with Crippen LogP contribution in [0.5, 0.6) is 0 Å². The molecule has 0 spiro atoms. The Morgan fingerprint density at radius 1 is 0.919 bits per heavy atom. The number of rotatable bonds is 7. The number of nitrogens with two attached hydrogens (primary N) is 1. The molecule has 0 atom stereocenters. The average Bonchev–Trinajstić information content (AvgIpc) is 2.92. The normalized spacial score (nSPS) is 17.5. The summed E-state index contributed by atoms with van der Waals surface area (Å²) in [6.45, 7) is 3.00. The van der Waals surface area contributed by atoms with Crippen molar-refractivity contribution in [2.24, 2.45) is 22.6 Å². The maximum atomic E-state index is 13.0. The topological polar surface area (TPSA) is 126 Å². The molecule has 0 saturated carbocycles. The molecule has 37 heavy (non-hydrogen) atoms. The summed E-state index contributed by atoms with van der Waals surface area (Å²) in [5.41, 5.74) is 8.55. The van der Waals surface area contributed by atoms with E-state index in [1.807, 2.05) is 59.5 Å². The van der Waals surface area contributed by atoms with Crippen LogP contribution in [0.3, 0.4) is 0 Å². The number of hydrogen-bond donors (Lipinski definition) is 2. The van der Waals surface area contributed by atoms with E-state index < -0.39 is 12.1 Å². The second-order valence-electron chi connectivity index (χ2n) is 9.71. The molecule has 9 nitrogen and oxygen atoms in total. The fourth-order valence-electron chi connectivity index (χ4n) is 5.00. The first-order valence-corrected chi connectivity index (χ1v) is 12.8. The van der Waals surface area contributed by atoms with Crippen LogP contribution in [0, 0.1) is 11.8 Å². The van der Waals surface area contributed by atoms with E-state index in [1.54, 1.807) is 0 Å². The number of aliphatic carboxylic acids is 1. The van der Waals surface area contributed by atoms with Crippen molar-refractivity contribution in [2.45, 2.75) is 38.7 Å². The number of amides is 2. The van der Waals surface area contributed by atoms with Crippen LogP contribution in [0.1, 0.15) is 43.2 Å². The summed E-state index contributed by atoms with van der Waals surface area (Å²) in [7, 11) is 0. The van der Waals surface area contributed by atoms with Gasteiger partial charge in [0, 0.05) is 49.8 Å². The van der Waals surface area contributed by atoms with Crippen LogP contribution in [0.25, 0.3) is 0 Å². The molecule has 0 aromatic heterocycles. The highest BCUT2D eigenvalue weighted by atomic mass is 16.5. The van der Waals surface area contributed by atoms with E-state index in [1.165, 1.54) is 0 Å². The lowest BCUT2D eigenvalue weighted by atomic mass is 9.90. The highest BCUT2D eigenvalue weighted by Gasteiger charge is 2.31. The molecule has 196 valence electrons. The molecule has 2 saturated heterocycles. The number of ether oxygens (including phenoxy) is 1. The second-order valence-corrected chi connectivity index (χ2v) is 9.71. The lowest BCUT2D eigenvalue weighted by Crippen LogP contribution is -2.45. The molecule has 2 aliphatic heterocycles. The Kier molecular flexibility index (Phi) is 8.77. The number of carboxylic acids is 1. The van der Waals surface area contributed by atoms with E-state index in [4.69, 9.17) is 15.6 Å². The first-order valence-electron chi connectivity index (χ1n) is 12.8. The van der Waals surface area contributed by atoms with Crippen molar-refractivity contribution in [1.82, 2.24) is 4.90 Å². The van der Waals surface area contributed by atoms with Gasteiger partial charge in [0.25, 0.3) is 0 Å². The van der Waals surface area contributed by atoms with Crippen molar-refractivity contribution in [3.05, 3.63) is 65.7 Å². The molecule has 9 heteroatoms. The SMILES string of the molecule is NC(=NC(=O)OCc1ccccc1)c1ccc(N2CCC(C(=O)N3CCC(CC(=O)O)CC3)CC2)cc1. The highest BCUT2D eigenvalue weighted by molar-refractivity contribution is 6.02. The van der Waals surface area contributed by atoms with Gasteiger partial charge in [-0.1, -0.05) is 30.3 Å². The van der Waals surface area contributed by atoms with Crippen molar-refractivity contribution in [1.29, 1.82) is 0 Å². The van der Waals surface area contributed by atoms with Gasteiger partial charge in [0.15, 0.2) is 0 Å². The number of nitrogens with zero attached hydrogens (tertiary/aromatic N) is 3. The zero-order valence-corrected chi connectivity index (χ0v) is 20.9. The van der Waals surface area contributed by atoms with Gasteiger partial charge in [0.1, 0.15) is 12.4 Å². The van der Waals surface area contributed by atoms with E-state index in [0.717, 1.165) is 50.0 Å². The summed E-state index contributed by atoms with van der Waals surface area (Å²) in [5, 5.41) is 8.98. The second kappa shape index (κ2) is 12.4. The molecule has 2 aromatic rings. The molecule has 2 aromatic carbocycles. The number of anilines is 1. The number of carboxylic acid groups (broad SMARTS) is 1. The minimum absolute atomic E-state index is 0.0104. The standard InChI is InChI=1S/C28H34N4O5/c29-26(30-28(36)37-19-21-4-2-1-3-5-21)22-6-8-24(9-7-22)31-16-12-23(13-17-31)27(35)32-14-10-20(11-15-32)18-25(33)34/h1-9,20,23H,10-19H2,(H,33,34)(H2,29,30,36). The summed E-state index contributed by atoms with van der Waals surface area (Å²) in [6.07, 6.45) is 2.55. The molecule has 2 amide bonds. The third-order valence-corrected chi connectivity index (χ3v) is 7.18. The number of hydrogen-bond acceptors (Lipinski definition) is 5. The van der Waals surface area contributed by atoms with Crippen molar-refractivity contribution in [3.8, 4) is 0 Å². The van der Waals surface area contributed by atoms with E-state index in [2.05, 4.69) is 9.89 Å². The first-order chi connectivity index (χ1) is 17.9. The van der Waals surface area contributed by atoms with Gasteiger partial charge in [0.2, 0.25) is 5.91 Å². The monoisotopic (exact) mass is 506 g/mol. The number of piperidine rings is 2. The first kappa shape index (κ1) is 26.2. The Morgan fingerprint density at radius 3 is 2.19 bits per heavy atom. The highest BCUT2D eigenvalue weighted by Crippen LogP contribution is 2.27. The Morgan fingerprint density at radius 2 is 1.57 bits per heavy atom. The molecule has 4 rings (SSSR count). The Bertz CT molecular complexity index is 1100. The third-order valence-electron chi connectivity index (χ3n) is 7.18. The molecule has 0 aliphatic carbocycles. The Balaban J connectivity index is 1.23. The predicted octanol–water partition coefficient (Wildman–Crippen LogP) is 3.66. The van der Waals surface area contributed by atoms with Gasteiger partial charge >= 0.3 is 12.1 Å². The molecule has 0 radical (unpaired) electrons. The van der Waals surface area contributed by atoms with Gasteiger partial charge in [-0.15, -0.1) is 0 Å². The summed E-state index contributed by atoms with van der Waals surface area (Å²) < 4.78 is 5.16. The van der Waals surface area contributed by atoms with Crippen LogP contribution in [0.2, 0.25) is 0 Å². The summed E-state index contributed by atoms with van der Waals surface area (Å²) in [6, 6.07) is 16.9. The van der Waals surface area contributed by atoms with Crippen LogP contribution in [-0.4, -0.2) is 60.0 Å². The van der Waals surface area contributed by atoms with Gasteiger partial charge in [-0.25, -0.2) is 4.79 Å². The Labute approximate surface area is 216 Å². The zero-order chi connectivity index (χ0) is 26.2. The van der Waals surface area contributed by atoms with Gasteiger partial charge in [0.05, 0.1) is 0 Å². The smallest absolute Gasteiger partial charge is 0.435 e. The largest absolute Gasteiger partial charge is 0.481 e. The number of carbonyl (C=O) groups is 3. The number of aliphatic imine (C=N–C) groups is 1. The fourth-order valence-corrected chi connectivity index (χ4v) is 5.00. The lowest BCUT2D eigenvalue weighted by Gasteiger charge is -2.37. The molecule has 2 aliphatic rings. The van der Waals surface area contributed by atoms with E-state index in [-0.39, 0.29) is 36.6 Å². The van der Waals surface area contributed by atoms with Crippen LogP contribution in [-0.2, 0) is 20.9 Å². The number of benzene rings is 2. The van der Waals surface area contributed by atoms with Crippen LogP contribution in [0.4, 0.5) is 10.5 Å². The molecule has 2 heterocycles. The van der Waals surface area contributed by atoms with Crippen LogP contribution >= 0.6 is 0 Å². The third kappa shape index (κ3) is 7.31. The maximum absolute atomic E-state index is 13.0. The van der Waals surface area contributed by atoms with E-state index >= 15 is 0 Å². The molecule has 3 N–H and O–H groups in total. The van der Waals surface area contributed by atoms with Gasteiger partial charge < -0.3 is 25.4 Å². The molecule has 0 unspecified atom stereocenters. The number of amidine groups is 1. The lowest BCUT2D eigenvalue weighted by molar-refractivity contribution is -0.139. The van der Waals surface area contributed by atoms with Crippen molar-refractivity contribution in [3.63, 3.8) is 0 Å². The minimum Gasteiger partial charge on any atom is -0.481 e. The summed E-state index contributed by atoms with van der Waals surface area (Å²) >= 11 is 0. The van der Waals surface area contributed by atoms with Gasteiger partial charge in [-0.3, -0.25) is 9.59 Å². The summed E-state index contributed by atoms with van der Waals surface area (Å²) in [5.74, 6) is -0.281. The Hall–Kier alpha value is -3.88. The van der Waals surface area contributed by atoms with Crippen LogP contribution in [0.15, 0.2) is 59.6 Å². The van der Waals surface area contributed by atoms with E-state index in [9.17, 15) is 14.4 Å². The average molecular weight is 507 g/mol. The fraction of sp³-hybridized carbons (Fsp3) is 0.429. The number of carbonyl (C=O) groups excluding carboxylic acids is 2. The minimum atomic E-state index is -0.763. The van der Waals surface area contributed by atoms with E-state index in [0.29, 0.717) is 18.7 Å². The molecule has 2 fully saturated rings. The van der Waals surface area contributed by atoms with Gasteiger partial charge in [-0.2, -0.15) is 4.99 Å². The molecular weight excluding hydrogens is 472 g/mol. The van der Waals surface area contributed by atoms with Crippen molar-refractivity contribution in [2.75, 3.05) is 31.1 Å². The summed E-state index contributed by atoms with van der Waals surface area (Å²) in [4.78, 5) is 43.9.